The maximum atomic E-state index is 13.0. The highest BCUT2D eigenvalue weighted by atomic mass is 32.2. The largest absolute Gasteiger partial charge is 0.356 e. The van der Waals surface area contributed by atoms with Gasteiger partial charge in [0.15, 0.2) is 0 Å². The van der Waals surface area contributed by atoms with E-state index in [2.05, 4.69) is 9.97 Å². The summed E-state index contributed by atoms with van der Waals surface area (Å²) in [4.78, 5) is 21.7. The lowest BCUT2D eigenvalue weighted by molar-refractivity contribution is 0.0684. The van der Waals surface area contributed by atoms with Crippen LogP contribution >= 0.6 is 11.8 Å². The smallest absolute Gasteiger partial charge is 0.270 e. The molecule has 7 nitrogen and oxygen atoms in total. The van der Waals surface area contributed by atoms with Crippen molar-refractivity contribution in [1.82, 2.24) is 19.2 Å². The third-order valence-electron chi connectivity index (χ3n) is 4.45. The Kier molecular flexibility index (Phi) is 6.23. The number of pyridine rings is 1. The normalized spacial score (nSPS) is 15.8. The van der Waals surface area contributed by atoms with Gasteiger partial charge in [-0.1, -0.05) is 6.07 Å². The fourth-order valence-electron chi connectivity index (χ4n) is 2.91. The van der Waals surface area contributed by atoms with Gasteiger partial charge in [-0.2, -0.15) is 16.1 Å². The zero-order valence-corrected chi connectivity index (χ0v) is 17.1. The lowest BCUT2D eigenvalue weighted by atomic mass is 10.2. The molecule has 1 fully saturated rings. The van der Waals surface area contributed by atoms with Crippen molar-refractivity contribution in [2.24, 2.45) is 0 Å². The fraction of sp³-hybridized carbons (Fsp3) is 0.444. The lowest BCUT2D eigenvalue weighted by Gasteiger charge is -2.26. The zero-order valence-electron chi connectivity index (χ0n) is 15.5. The predicted octanol–water partition coefficient (Wildman–Crippen LogP) is 2.20. The average Bonchev–Trinajstić information content (AvgIpc) is 3.18. The minimum atomic E-state index is -3.57. The molecule has 3 rings (SSSR count). The van der Waals surface area contributed by atoms with Gasteiger partial charge >= 0.3 is 0 Å². The number of amides is 1. The fourth-order valence-corrected chi connectivity index (χ4v) is 5.49. The molecule has 1 amide bonds. The summed E-state index contributed by atoms with van der Waals surface area (Å²) in [5.41, 5.74) is 1.20. The van der Waals surface area contributed by atoms with Crippen LogP contribution in [0, 0.1) is 0 Å². The molecule has 27 heavy (non-hydrogen) atoms. The Labute approximate surface area is 164 Å². The summed E-state index contributed by atoms with van der Waals surface area (Å²) in [5.74, 6) is 1.35. The Hall–Kier alpha value is -1.84. The quantitative estimate of drug-likeness (QED) is 0.792. The van der Waals surface area contributed by atoms with E-state index in [0.717, 1.165) is 17.1 Å². The van der Waals surface area contributed by atoms with E-state index in [-0.39, 0.29) is 22.5 Å². The molecule has 1 aliphatic rings. The number of nitrogens with zero attached hydrogens (tertiary/aromatic N) is 3. The molecule has 3 heterocycles. The Morgan fingerprint density at radius 3 is 2.74 bits per heavy atom. The maximum Gasteiger partial charge on any atom is 0.270 e. The van der Waals surface area contributed by atoms with Crippen molar-refractivity contribution in [3.8, 4) is 0 Å². The molecule has 0 spiro atoms. The van der Waals surface area contributed by atoms with E-state index in [4.69, 9.17) is 0 Å². The van der Waals surface area contributed by atoms with E-state index in [1.54, 1.807) is 29.1 Å². The standard InChI is InChI=1S/C18H24N4O3S2/c1-14(2)22(13-15-4-3-5-19-11-15)18(23)17-10-16(12-20-17)27(24,25)21-6-8-26-9-7-21/h3-5,10-12,14,20H,6-9,13H2,1-2H3. The van der Waals surface area contributed by atoms with E-state index in [1.807, 2.05) is 26.0 Å². The summed E-state index contributed by atoms with van der Waals surface area (Å²) in [7, 11) is -3.57. The van der Waals surface area contributed by atoms with Crippen molar-refractivity contribution >= 4 is 27.7 Å². The molecule has 0 aromatic carbocycles. The minimum absolute atomic E-state index is 0.0415. The molecular weight excluding hydrogens is 384 g/mol. The number of thioether (sulfide) groups is 1. The van der Waals surface area contributed by atoms with Gasteiger partial charge in [-0.15, -0.1) is 0 Å². The van der Waals surface area contributed by atoms with Gasteiger partial charge in [0.05, 0.1) is 0 Å². The zero-order chi connectivity index (χ0) is 19.4. The molecule has 2 aromatic heterocycles. The summed E-state index contributed by atoms with van der Waals surface area (Å²) < 4.78 is 27.0. The molecule has 1 N–H and O–H groups in total. The highest BCUT2D eigenvalue weighted by Gasteiger charge is 2.29. The van der Waals surface area contributed by atoms with Crippen LogP contribution in [0.5, 0.6) is 0 Å². The Balaban J connectivity index is 1.80. The third kappa shape index (κ3) is 4.53. The van der Waals surface area contributed by atoms with Crippen LogP contribution in [-0.4, -0.2) is 64.1 Å². The van der Waals surface area contributed by atoms with Crippen LogP contribution in [0.15, 0.2) is 41.7 Å². The number of nitrogens with one attached hydrogen (secondary N) is 1. The van der Waals surface area contributed by atoms with Crippen LogP contribution in [0.2, 0.25) is 0 Å². The number of hydrogen-bond donors (Lipinski definition) is 1. The van der Waals surface area contributed by atoms with Gasteiger partial charge in [0.25, 0.3) is 5.91 Å². The highest BCUT2D eigenvalue weighted by Crippen LogP contribution is 2.22. The Bertz CT molecular complexity index is 875. The van der Waals surface area contributed by atoms with Crippen molar-refractivity contribution in [3.63, 3.8) is 0 Å². The number of hydrogen-bond acceptors (Lipinski definition) is 5. The SMILES string of the molecule is CC(C)N(Cc1cccnc1)C(=O)c1cc(S(=O)(=O)N2CCSCC2)c[nH]1. The van der Waals surface area contributed by atoms with Crippen molar-refractivity contribution < 1.29 is 13.2 Å². The van der Waals surface area contributed by atoms with Gasteiger partial charge in [-0.25, -0.2) is 8.42 Å². The third-order valence-corrected chi connectivity index (χ3v) is 7.27. The topological polar surface area (TPSA) is 86.4 Å². The second-order valence-electron chi connectivity index (χ2n) is 6.65. The molecule has 0 aliphatic carbocycles. The van der Waals surface area contributed by atoms with Crippen LogP contribution in [0.25, 0.3) is 0 Å². The molecule has 0 unspecified atom stereocenters. The van der Waals surface area contributed by atoms with Gasteiger partial charge in [-0.05, 0) is 31.5 Å². The molecule has 0 bridgehead atoms. The van der Waals surface area contributed by atoms with Gasteiger partial charge in [0, 0.05) is 55.8 Å². The Morgan fingerprint density at radius 2 is 2.11 bits per heavy atom. The van der Waals surface area contributed by atoms with Crippen LogP contribution < -0.4 is 0 Å². The number of carbonyl (C=O) groups excluding carboxylic acids is 1. The second-order valence-corrected chi connectivity index (χ2v) is 9.82. The first-order chi connectivity index (χ1) is 12.9. The Morgan fingerprint density at radius 1 is 1.37 bits per heavy atom. The number of sulfonamides is 1. The van der Waals surface area contributed by atoms with Crippen LogP contribution in [0.1, 0.15) is 29.9 Å². The highest BCUT2D eigenvalue weighted by molar-refractivity contribution is 7.99. The van der Waals surface area contributed by atoms with Crippen LogP contribution in [0.4, 0.5) is 0 Å². The molecular formula is C18H24N4O3S2. The number of H-pyrrole nitrogens is 1. The molecule has 1 saturated heterocycles. The first-order valence-electron chi connectivity index (χ1n) is 8.86. The van der Waals surface area contributed by atoms with Crippen LogP contribution in [-0.2, 0) is 16.6 Å². The molecule has 1 aliphatic heterocycles. The molecule has 2 aromatic rings. The summed E-state index contributed by atoms with van der Waals surface area (Å²) in [5, 5.41) is 0. The summed E-state index contributed by atoms with van der Waals surface area (Å²) >= 11 is 1.75. The second kappa shape index (κ2) is 8.45. The van der Waals surface area contributed by atoms with E-state index in [1.165, 1.54) is 16.6 Å². The van der Waals surface area contributed by atoms with E-state index in [0.29, 0.717) is 19.6 Å². The molecule has 9 heteroatoms. The van der Waals surface area contributed by atoms with E-state index in [9.17, 15) is 13.2 Å². The van der Waals surface area contributed by atoms with Gasteiger partial charge in [0.1, 0.15) is 10.6 Å². The first kappa shape index (κ1) is 19.9. The summed E-state index contributed by atoms with van der Waals surface area (Å²) in [6, 6.07) is 5.14. The molecule has 0 atom stereocenters. The molecule has 146 valence electrons. The first-order valence-corrected chi connectivity index (χ1v) is 11.5. The van der Waals surface area contributed by atoms with Gasteiger partial charge in [0.2, 0.25) is 10.0 Å². The monoisotopic (exact) mass is 408 g/mol. The predicted molar refractivity (Wildman–Crippen MR) is 106 cm³/mol. The van der Waals surface area contributed by atoms with Gasteiger partial charge in [-0.3, -0.25) is 9.78 Å². The van der Waals surface area contributed by atoms with Crippen molar-refractivity contribution in [3.05, 3.63) is 48.0 Å². The van der Waals surface area contributed by atoms with Crippen molar-refractivity contribution in [2.45, 2.75) is 31.3 Å². The van der Waals surface area contributed by atoms with Crippen molar-refractivity contribution in [2.75, 3.05) is 24.6 Å². The summed E-state index contributed by atoms with van der Waals surface area (Å²) in [6.07, 6.45) is 4.82. The number of aromatic nitrogens is 2. The molecule has 0 radical (unpaired) electrons. The maximum absolute atomic E-state index is 13.0. The molecule has 0 saturated carbocycles. The van der Waals surface area contributed by atoms with E-state index < -0.39 is 10.0 Å². The van der Waals surface area contributed by atoms with Crippen LogP contribution in [0.3, 0.4) is 0 Å². The van der Waals surface area contributed by atoms with Gasteiger partial charge < -0.3 is 9.88 Å². The average molecular weight is 409 g/mol. The number of rotatable bonds is 6. The number of carbonyl (C=O) groups is 1. The van der Waals surface area contributed by atoms with E-state index >= 15 is 0 Å². The lowest BCUT2D eigenvalue weighted by Crippen LogP contribution is -2.38. The van der Waals surface area contributed by atoms with Crippen molar-refractivity contribution in [1.29, 1.82) is 0 Å². The summed E-state index contributed by atoms with van der Waals surface area (Å²) in [6.45, 7) is 5.27. The number of aromatic amines is 1. The minimum Gasteiger partial charge on any atom is -0.356 e.